The summed E-state index contributed by atoms with van der Waals surface area (Å²) < 4.78 is 6.10. The first kappa shape index (κ1) is 21.1. The average Bonchev–Trinajstić information content (AvgIpc) is 2.55. The number of carbonyl (C=O) groups excluding carboxylic acids is 2. The summed E-state index contributed by atoms with van der Waals surface area (Å²) in [5.74, 6) is 0.415. The fourth-order valence-electron chi connectivity index (χ4n) is 2.44. The number of benzene rings is 2. The van der Waals surface area contributed by atoms with Crippen molar-refractivity contribution in [2.24, 2.45) is 0 Å². The molecule has 5 nitrogen and oxygen atoms in total. The maximum Gasteiger partial charge on any atom is 0.417 e. The number of nitrogens with one attached hydrogen (secondary N) is 1. The van der Waals surface area contributed by atoms with E-state index in [1.165, 1.54) is 0 Å². The van der Waals surface area contributed by atoms with E-state index in [2.05, 4.69) is 42.0 Å². The van der Waals surface area contributed by atoms with Crippen molar-refractivity contribution in [1.82, 2.24) is 4.90 Å². The van der Waals surface area contributed by atoms with Crippen LogP contribution in [0.15, 0.2) is 46.9 Å². The molecule has 144 valence electrons. The van der Waals surface area contributed by atoms with E-state index in [-0.39, 0.29) is 11.2 Å². The fraction of sp³-hybridized carbons (Fsp3) is 0.333. The molecule has 0 radical (unpaired) electrons. The molecule has 0 spiro atoms. The normalized spacial score (nSPS) is 11.4. The van der Waals surface area contributed by atoms with Gasteiger partial charge in [0.2, 0.25) is 0 Å². The molecule has 0 fully saturated rings. The van der Waals surface area contributed by atoms with Crippen molar-refractivity contribution in [2.75, 3.05) is 26.0 Å². The van der Waals surface area contributed by atoms with E-state index < -0.39 is 6.09 Å². The first-order valence-electron chi connectivity index (χ1n) is 8.63. The Morgan fingerprint density at radius 3 is 2.41 bits per heavy atom. The predicted octanol–water partition coefficient (Wildman–Crippen LogP) is 5.10. The molecule has 6 heteroatoms. The monoisotopic (exact) mass is 432 g/mol. The second-order valence-corrected chi connectivity index (χ2v) is 8.51. The summed E-state index contributed by atoms with van der Waals surface area (Å²) in [6.45, 7) is 6.66. The van der Waals surface area contributed by atoms with E-state index in [9.17, 15) is 9.59 Å². The number of carbonyl (C=O) groups is 2. The van der Waals surface area contributed by atoms with Gasteiger partial charge in [0.1, 0.15) is 5.75 Å². The zero-order valence-electron chi connectivity index (χ0n) is 16.3. The van der Waals surface area contributed by atoms with Crippen LogP contribution in [0.25, 0.3) is 0 Å². The molecule has 0 atom stereocenters. The second kappa shape index (κ2) is 8.67. The van der Waals surface area contributed by atoms with Crippen molar-refractivity contribution in [1.29, 1.82) is 0 Å². The Kier molecular flexibility index (Phi) is 6.78. The number of halogens is 1. The smallest absolute Gasteiger partial charge is 0.409 e. The highest BCUT2D eigenvalue weighted by Gasteiger charge is 2.17. The van der Waals surface area contributed by atoms with E-state index in [0.717, 1.165) is 5.56 Å². The van der Waals surface area contributed by atoms with Crippen molar-refractivity contribution in [2.45, 2.75) is 26.2 Å². The van der Waals surface area contributed by atoms with Gasteiger partial charge in [-0.05, 0) is 65.3 Å². The minimum Gasteiger partial charge on any atom is -0.409 e. The van der Waals surface area contributed by atoms with Crippen LogP contribution in [0.3, 0.4) is 0 Å². The van der Waals surface area contributed by atoms with Gasteiger partial charge in [0.15, 0.2) is 5.78 Å². The predicted molar refractivity (Wildman–Crippen MR) is 112 cm³/mol. The van der Waals surface area contributed by atoms with Crippen LogP contribution < -0.4 is 10.1 Å². The Morgan fingerprint density at radius 1 is 1.11 bits per heavy atom. The molecule has 0 unspecified atom stereocenters. The van der Waals surface area contributed by atoms with E-state index in [0.29, 0.717) is 28.0 Å². The van der Waals surface area contributed by atoms with E-state index in [4.69, 9.17) is 4.74 Å². The van der Waals surface area contributed by atoms with Gasteiger partial charge in [-0.2, -0.15) is 0 Å². The lowest BCUT2D eigenvalue weighted by Gasteiger charge is -2.20. The van der Waals surface area contributed by atoms with Gasteiger partial charge >= 0.3 is 6.09 Å². The van der Waals surface area contributed by atoms with E-state index in [1.807, 2.05) is 26.2 Å². The summed E-state index contributed by atoms with van der Waals surface area (Å²) in [5.41, 5.74) is 2.18. The third-order valence-corrected chi connectivity index (χ3v) is 4.51. The number of ether oxygens (including phenoxy) is 1. The van der Waals surface area contributed by atoms with Crippen LogP contribution in [0.1, 0.15) is 36.7 Å². The molecule has 0 aliphatic carbocycles. The van der Waals surface area contributed by atoms with Gasteiger partial charge < -0.3 is 9.64 Å². The molecular formula is C21H25BrN2O3. The van der Waals surface area contributed by atoms with Crippen LogP contribution in [0, 0.1) is 0 Å². The fourth-order valence-corrected chi connectivity index (χ4v) is 2.90. The molecule has 0 saturated heterocycles. The third kappa shape index (κ3) is 6.19. The largest absolute Gasteiger partial charge is 0.417 e. The van der Waals surface area contributed by atoms with Gasteiger partial charge in [-0.3, -0.25) is 10.1 Å². The number of Topliss-reactive ketones (excluding diaryl/α,β-unsaturated/α-hetero) is 1. The van der Waals surface area contributed by atoms with Crippen LogP contribution in [-0.4, -0.2) is 37.4 Å². The van der Waals surface area contributed by atoms with Gasteiger partial charge in [0.25, 0.3) is 0 Å². The first-order valence-corrected chi connectivity index (χ1v) is 9.42. The standard InChI is InChI=1S/C21H25BrN2O3/c1-21(2,3)15-9-10-19(17(22)12-15)27-20(26)23-16-8-6-7-14(11-16)18(25)13-24(4)5/h6-12H,13H2,1-5H3,(H,23,26). The Balaban J connectivity index is 2.07. The molecule has 0 aromatic heterocycles. The van der Waals surface area contributed by atoms with Gasteiger partial charge in [0.05, 0.1) is 11.0 Å². The van der Waals surface area contributed by atoms with Gasteiger partial charge in [-0.15, -0.1) is 0 Å². The number of hydrogen-bond donors (Lipinski definition) is 1. The molecule has 0 bridgehead atoms. The third-order valence-electron chi connectivity index (χ3n) is 3.89. The molecular weight excluding hydrogens is 408 g/mol. The Labute approximate surface area is 168 Å². The highest BCUT2D eigenvalue weighted by atomic mass is 79.9. The number of anilines is 1. The van der Waals surface area contributed by atoms with Crippen LogP contribution >= 0.6 is 15.9 Å². The summed E-state index contributed by atoms with van der Waals surface area (Å²) in [7, 11) is 3.67. The lowest BCUT2D eigenvalue weighted by molar-refractivity contribution is 0.0958. The lowest BCUT2D eigenvalue weighted by Crippen LogP contribution is -2.22. The molecule has 0 heterocycles. The van der Waals surface area contributed by atoms with Gasteiger partial charge in [0, 0.05) is 11.3 Å². The zero-order chi connectivity index (χ0) is 20.2. The maximum absolute atomic E-state index is 12.2. The summed E-state index contributed by atoms with van der Waals surface area (Å²) >= 11 is 3.45. The zero-order valence-corrected chi connectivity index (χ0v) is 17.9. The maximum atomic E-state index is 12.2. The van der Waals surface area contributed by atoms with Gasteiger partial charge in [-0.1, -0.05) is 39.0 Å². The highest BCUT2D eigenvalue weighted by Crippen LogP contribution is 2.31. The number of rotatable bonds is 5. The first-order chi connectivity index (χ1) is 12.6. The van der Waals surface area contributed by atoms with E-state index >= 15 is 0 Å². The molecule has 1 N–H and O–H groups in total. The number of ketones is 1. The quantitative estimate of drug-likeness (QED) is 0.667. The molecule has 1 amide bonds. The molecule has 2 rings (SSSR count). The molecule has 0 aliphatic rings. The minimum absolute atomic E-state index is 0.00282. The lowest BCUT2D eigenvalue weighted by atomic mass is 9.87. The van der Waals surface area contributed by atoms with Crippen LogP contribution in [0.2, 0.25) is 0 Å². The topological polar surface area (TPSA) is 58.6 Å². The van der Waals surface area contributed by atoms with E-state index in [1.54, 1.807) is 35.2 Å². The highest BCUT2D eigenvalue weighted by molar-refractivity contribution is 9.10. The molecule has 0 aliphatic heterocycles. The van der Waals surface area contributed by atoms with Gasteiger partial charge in [-0.25, -0.2) is 4.79 Å². The minimum atomic E-state index is -0.614. The Hall–Kier alpha value is -2.18. The SMILES string of the molecule is CN(C)CC(=O)c1cccc(NC(=O)Oc2ccc(C(C)(C)C)cc2Br)c1. The van der Waals surface area contributed by atoms with Crippen molar-refractivity contribution >= 4 is 33.5 Å². The second-order valence-electron chi connectivity index (χ2n) is 7.65. The van der Waals surface area contributed by atoms with Crippen molar-refractivity contribution < 1.29 is 14.3 Å². The molecule has 2 aromatic rings. The summed E-state index contributed by atoms with van der Waals surface area (Å²) in [6, 6.07) is 12.5. The average molecular weight is 433 g/mol. The molecule has 0 saturated carbocycles. The van der Waals surface area contributed by atoms with Crippen molar-refractivity contribution in [3.63, 3.8) is 0 Å². The summed E-state index contributed by atoms with van der Waals surface area (Å²) in [6.07, 6.45) is -0.614. The summed E-state index contributed by atoms with van der Waals surface area (Å²) in [4.78, 5) is 26.2. The van der Waals surface area contributed by atoms with Crippen LogP contribution in [-0.2, 0) is 5.41 Å². The number of likely N-dealkylation sites (N-methyl/N-ethyl adjacent to an activating group) is 1. The Morgan fingerprint density at radius 2 is 1.81 bits per heavy atom. The molecule has 2 aromatic carbocycles. The van der Waals surface area contributed by atoms with Crippen molar-refractivity contribution in [3.8, 4) is 5.75 Å². The summed E-state index contributed by atoms with van der Waals surface area (Å²) in [5, 5.41) is 2.66. The molecule has 27 heavy (non-hydrogen) atoms. The van der Waals surface area contributed by atoms with Crippen molar-refractivity contribution in [3.05, 3.63) is 58.1 Å². The van der Waals surface area contributed by atoms with Crippen LogP contribution in [0.5, 0.6) is 5.75 Å². The Bertz CT molecular complexity index is 842. The number of hydrogen-bond acceptors (Lipinski definition) is 4. The van der Waals surface area contributed by atoms with Crippen LogP contribution in [0.4, 0.5) is 10.5 Å². The number of amides is 1. The number of nitrogens with zero attached hydrogens (tertiary/aromatic N) is 1.